The number of carbonyl (C=O) groups is 1. The van der Waals surface area contributed by atoms with E-state index in [0.717, 1.165) is 16.8 Å². The lowest BCUT2D eigenvalue weighted by Crippen LogP contribution is -2.37. The first-order chi connectivity index (χ1) is 10.2. The molecular weight excluding hydrogens is 266 g/mol. The quantitative estimate of drug-likeness (QED) is 0.790. The highest BCUT2D eigenvalue weighted by Crippen LogP contribution is 2.31. The normalized spacial score (nSPS) is 19.9. The Hall–Kier alpha value is -2.40. The molecule has 21 heavy (non-hydrogen) atoms. The van der Waals surface area contributed by atoms with E-state index in [1.54, 1.807) is 18.5 Å². The number of aliphatic hydroxyl groups excluding tert-OH is 1. The minimum atomic E-state index is -0.565. The summed E-state index contributed by atoms with van der Waals surface area (Å²) in [6, 6.07) is 11.1. The van der Waals surface area contributed by atoms with Gasteiger partial charge in [0.2, 0.25) is 5.91 Å². The van der Waals surface area contributed by atoms with E-state index in [1.165, 1.54) is 0 Å². The van der Waals surface area contributed by atoms with Crippen LogP contribution in [-0.4, -0.2) is 28.6 Å². The van der Waals surface area contributed by atoms with Crippen LogP contribution < -0.4 is 10.6 Å². The predicted octanol–water partition coefficient (Wildman–Crippen LogP) is 1.27. The van der Waals surface area contributed by atoms with Crippen molar-refractivity contribution >= 4 is 11.6 Å². The standard InChI is InChI=1S/C16H17N3O2/c20-14-8-11-4-1-2-6-13(11)16(14)19-15(21)10-18-12-5-3-7-17-9-12/h1-7,9,14,16,18,20H,8,10H2,(H,19,21)/t14-,16+/m0/s1. The smallest absolute Gasteiger partial charge is 0.239 e. The van der Waals surface area contributed by atoms with Gasteiger partial charge in [-0.2, -0.15) is 0 Å². The second kappa shape index (κ2) is 5.93. The molecule has 0 radical (unpaired) electrons. The zero-order chi connectivity index (χ0) is 14.7. The number of nitrogens with zero attached hydrogens (tertiary/aromatic N) is 1. The van der Waals surface area contributed by atoms with Gasteiger partial charge in [-0.05, 0) is 23.3 Å². The summed E-state index contributed by atoms with van der Waals surface area (Å²) in [7, 11) is 0. The molecule has 2 aromatic rings. The number of hydrogen-bond acceptors (Lipinski definition) is 4. The Kier molecular flexibility index (Phi) is 3.83. The van der Waals surface area contributed by atoms with E-state index in [2.05, 4.69) is 15.6 Å². The van der Waals surface area contributed by atoms with Crippen molar-refractivity contribution in [2.45, 2.75) is 18.6 Å². The van der Waals surface area contributed by atoms with E-state index >= 15 is 0 Å². The van der Waals surface area contributed by atoms with Crippen molar-refractivity contribution in [1.29, 1.82) is 0 Å². The van der Waals surface area contributed by atoms with Crippen molar-refractivity contribution in [3.05, 3.63) is 59.9 Å². The van der Waals surface area contributed by atoms with E-state index in [-0.39, 0.29) is 18.5 Å². The number of benzene rings is 1. The summed E-state index contributed by atoms with van der Waals surface area (Å²) < 4.78 is 0. The van der Waals surface area contributed by atoms with Gasteiger partial charge in [-0.1, -0.05) is 24.3 Å². The van der Waals surface area contributed by atoms with Crippen LogP contribution in [0.3, 0.4) is 0 Å². The summed E-state index contributed by atoms with van der Waals surface area (Å²) >= 11 is 0. The summed E-state index contributed by atoms with van der Waals surface area (Å²) in [5.41, 5.74) is 2.88. The molecule has 2 atom stereocenters. The van der Waals surface area contributed by atoms with Crippen LogP contribution >= 0.6 is 0 Å². The summed E-state index contributed by atoms with van der Waals surface area (Å²) in [5, 5.41) is 16.0. The third kappa shape index (κ3) is 3.03. The topological polar surface area (TPSA) is 74.2 Å². The first-order valence-corrected chi connectivity index (χ1v) is 6.93. The predicted molar refractivity (Wildman–Crippen MR) is 79.8 cm³/mol. The maximum absolute atomic E-state index is 12.0. The first-order valence-electron chi connectivity index (χ1n) is 6.93. The molecule has 108 valence electrons. The molecule has 0 bridgehead atoms. The van der Waals surface area contributed by atoms with Gasteiger partial charge in [0.15, 0.2) is 0 Å². The van der Waals surface area contributed by atoms with Gasteiger partial charge in [0.05, 0.1) is 24.4 Å². The summed E-state index contributed by atoms with van der Waals surface area (Å²) in [4.78, 5) is 16.0. The van der Waals surface area contributed by atoms with Gasteiger partial charge < -0.3 is 15.7 Å². The Morgan fingerprint density at radius 2 is 2.14 bits per heavy atom. The van der Waals surface area contributed by atoms with Gasteiger partial charge in [0.1, 0.15) is 0 Å². The molecule has 1 heterocycles. The fraction of sp³-hybridized carbons (Fsp3) is 0.250. The van der Waals surface area contributed by atoms with Gasteiger partial charge in [0.25, 0.3) is 0 Å². The van der Waals surface area contributed by atoms with Crippen molar-refractivity contribution in [3.8, 4) is 0 Å². The number of anilines is 1. The van der Waals surface area contributed by atoms with Crippen LogP contribution in [0.25, 0.3) is 0 Å². The van der Waals surface area contributed by atoms with E-state index in [0.29, 0.717) is 6.42 Å². The third-order valence-electron chi connectivity index (χ3n) is 3.64. The number of nitrogens with one attached hydrogen (secondary N) is 2. The number of hydrogen-bond donors (Lipinski definition) is 3. The Labute approximate surface area is 123 Å². The van der Waals surface area contributed by atoms with E-state index in [1.807, 2.05) is 30.3 Å². The first kappa shape index (κ1) is 13.6. The van der Waals surface area contributed by atoms with Gasteiger partial charge in [0, 0.05) is 18.8 Å². The molecule has 0 spiro atoms. The lowest BCUT2D eigenvalue weighted by atomic mass is 10.1. The van der Waals surface area contributed by atoms with Crippen LogP contribution in [0.1, 0.15) is 17.2 Å². The Morgan fingerprint density at radius 1 is 1.29 bits per heavy atom. The maximum atomic E-state index is 12.0. The van der Waals surface area contributed by atoms with Gasteiger partial charge in [-0.3, -0.25) is 9.78 Å². The molecule has 3 N–H and O–H groups in total. The highest BCUT2D eigenvalue weighted by Gasteiger charge is 2.31. The molecule has 1 aliphatic carbocycles. The molecule has 5 nitrogen and oxygen atoms in total. The molecule has 0 fully saturated rings. The fourth-order valence-corrected chi connectivity index (χ4v) is 2.62. The molecule has 5 heteroatoms. The van der Waals surface area contributed by atoms with Crippen molar-refractivity contribution in [3.63, 3.8) is 0 Å². The second-order valence-corrected chi connectivity index (χ2v) is 5.11. The van der Waals surface area contributed by atoms with Crippen LogP contribution in [0.4, 0.5) is 5.69 Å². The van der Waals surface area contributed by atoms with Crippen LogP contribution in [0.5, 0.6) is 0 Å². The number of aromatic nitrogens is 1. The molecule has 1 aliphatic rings. The van der Waals surface area contributed by atoms with Crippen LogP contribution in [0, 0.1) is 0 Å². The van der Waals surface area contributed by atoms with Crippen LogP contribution in [0.15, 0.2) is 48.8 Å². The lowest BCUT2D eigenvalue weighted by molar-refractivity contribution is -0.120. The highest BCUT2D eigenvalue weighted by molar-refractivity contribution is 5.81. The second-order valence-electron chi connectivity index (χ2n) is 5.11. The molecular formula is C16H17N3O2. The van der Waals surface area contributed by atoms with Crippen LogP contribution in [0.2, 0.25) is 0 Å². The lowest BCUT2D eigenvalue weighted by Gasteiger charge is -2.18. The average Bonchev–Trinajstić information content (AvgIpc) is 2.82. The average molecular weight is 283 g/mol. The van der Waals surface area contributed by atoms with Gasteiger partial charge in [-0.15, -0.1) is 0 Å². The fourth-order valence-electron chi connectivity index (χ4n) is 2.62. The number of aliphatic hydroxyl groups is 1. The van der Waals surface area contributed by atoms with Gasteiger partial charge in [-0.25, -0.2) is 0 Å². The van der Waals surface area contributed by atoms with Crippen molar-refractivity contribution < 1.29 is 9.90 Å². The summed E-state index contributed by atoms with van der Waals surface area (Å²) in [6.45, 7) is 0.150. The Bertz CT molecular complexity index is 630. The third-order valence-corrected chi connectivity index (χ3v) is 3.64. The Balaban J connectivity index is 1.60. The number of pyridine rings is 1. The SMILES string of the molecule is O=C(CNc1cccnc1)N[C@@H]1c2ccccc2C[C@@H]1O. The highest BCUT2D eigenvalue weighted by atomic mass is 16.3. The number of carbonyl (C=O) groups excluding carboxylic acids is 1. The summed E-state index contributed by atoms with van der Waals surface area (Å²) in [6.07, 6.45) is 3.35. The van der Waals surface area contributed by atoms with E-state index in [9.17, 15) is 9.90 Å². The molecule has 1 aromatic carbocycles. The van der Waals surface area contributed by atoms with Gasteiger partial charge >= 0.3 is 0 Å². The minimum absolute atomic E-state index is 0.150. The monoisotopic (exact) mass is 283 g/mol. The van der Waals surface area contributed by atoms with E-state index < -0.39 is 6.10 Å². The van der Waals surface area contributed by atoms with Crippen molar-refractivity contribution in [1.82, 2.24) is 10.3 Å². The van der Waals surface area contributed by atoms with Crippen molar-refractivity contribution in [2.24, 2.45) is 0 Å². The van der Waals surface area contributed by atoms with E-state index in [4.69, 9.17) is 0 Å². The van der Waals surface area contributed by atoms with Crippen LogP contribution in [-0.2, 0) is 11.2 Å². The minimum Gasteiger partial charge on any atom is -0.390 e. The zero-order valence-corrected chi connectivity index (χ0v) is 11.5. The molecule has 0 saturated heterocycles. The molecule has 3 rings (SSSR count). The van der Waals surface area contributed by atoms with Crippen molar-refractivity contribution in [2.75, 3.05) is 11.9 Å². The molecule has 1 amide bonds. The number of fused-ring (bicyclic) bond motifs is 1. The molecule has 0 aliphatic heterocycles. The number of rotatable bonds is 4. The summed E-state index contributed by atoms with van der Waals surface area (Å²) in [5.74, 6) is -0.153. The Morgan fingerprint density at radius 3 is 2.95 bits per heavy atom. The maximum Gasteiger partial charge on any atom is 0.239 e. The zero-order valence-electron chi connectivity index (χ0n) is 11.5. The molecule has 0 unspecified atom stereocenters. The largest absolute Gasteiger partial charge is 0.390 e. The molecule has 0 saturated carbocycles. The number of amides is 1. The molecule has 1 aromatic heterocycles.